The third-order valence-corrected chi connectivity index (χ3v) is 3.90. The normalized spacial score (nSPS) is 10.7. The number of aliphatic carboxylic acids is 1. The van der Waals surface area contributed by atoms with Gasteiger partial charge in [-0.05, 0) is 17.7 Å². The van der Waals surface area contributed by atoms with Crippen LogP contribution in [0.2, 0.25) is 0 Å². The quantitative estimate of drug-likeness (QED) is 0.790. The van der Waals surface area contributed by atoms with E-state index in [9.17, 15) is 4.79 Å². The molecule has 2 aromatic carbocycles. The predicted molar refractivity (Wildman–Crippen MR) is 76.4 cm³/mol. The second-order valence-corrected chi connectivity index (χ2v) is 5.29. The van der Waals surface area contributed by atoms with Crippen molar-refractivity contribution in [1.82, 2.24) is 4.98 Å². The third kappa shape index (κ3) is 2.48. The second-order valence-electron chi connectivity index (χ2n) is 4.26. The molecule has 0 saturated heterocycles. The van der Waals surface area contributed by atoms with E-state index in [1.54, 1.807) is 11.3 Å². The standard InChI is InChI=1S/C15H11NO2S/c17-14(18)9-10-6-7-12-13(8-10)19-15(16-12)11-4-2-1-3-5-11/h1-8H,9H2,(H,17,18). The van der Waals surface area contributed by atoms with Gasteiger partial charge in [-0.15, -0.1) is 11.3 Å². The molecule has 3 rings (SSSR count). The molecular formula is C15H11NO2S. The summed E-state index contributed by atoms with van der Waals surface area (Å²) in [7, 11) is 0. The summed E-state index contributed by atoms with van der Waals surface area (Å²) >= 11 is 1.59. The fourth-order valence-electron chi connectivity index (χ4n) is 1.96. The van der Waals surface area contributed by atoms with Crippen LogP contribution in [-0.4, -0.2) is 16.1 Å². The number of rotatable bonds is 3. The molecule has 0 aliphatic heterocycles. The van der Waals surface area contributed by atoms with Crippen molar-refractivity contribution in [1.29, 1.82) is 0 Å². The van der Waals surface area contributed by atoms with E-state index in [2.05, 4.69) is 4.98 Å². The van der Waals surface area contributed by atoms with Gasteiger partial charge in [0, 0.05) is 5.56 Å². The molecule has 0 radical (unpaired) electrons. The highest BCUT2D eigenvalue weighted by Gasteiger charge is 2.07. The van der Waals surface area contributed by atoms with Crippen LogP contribution < -0.4 is 0 Å². The van der Waals surface area contributed by atoms with Gasteiger partial charge in [0.15, 0.2) is 0 Å². The van der Waals surface area contributed by atoms with Gasteiger partial charge in [-0.2, -0.15) is 0 Å². The average Bonchev–Trinajstić information content (AvgIpc) is 2.82. The summed E-state index contributed by atoms with van der Waals surface area (Å²) in [4.78, 5) is 15.3. The monoisotopic (exact) mass is 269 g/mol. The topological polar surface area (TPSA) is 50.2 Å². The van der Waals surface area contributed by atoms with Gasteiger partial charge in [0.25, 0.3) is 0 Å². The molecule has 1 heterocycles. The van der Waals surface area contributed by atoms with Crippen molar-refractivity contribution in [2.45, 2.75) is 6.42 Å². The number of aromatic nitrogens is 1. The Morgan fingerprint density at radius 2 is 1.95 bits per heavy atom. The molecule has 1 aromatic heterocycles. The summed E-state index contributed by atoms with van der Waals surface area (Å²) in [5.41, 5.74) is 2.81. The van der Waals surface area contributed by atoms with Crippen LogP contribution in [0.5, 0.6) is 0 Å². The van der Waals surface area contributed by atoms with Crippen LogP contribution in [0.4, 0.5) is 0 Å². The lowest BCUT2D eigenvalue weighted by atomic mass is 10.1. The lowest BCUT2D eigenvalue weighted by Crippen LogP contribution is -1.99. The van der Waals surface area contributed by atoms with Gasteiger partial charge in [0.1, 0.15) is 5.01 Å². The first-order valence-corrected chi connectivity index (χ1v) is 6.71. The van der Waals surface area contributed by atoms with Crippen LogP contribution in [-0.2, 0) is 11.2 Å². The van der Waals surface area contributed by atoms with Crippen LogP contribution in [0.1, 0.15) is 5.56 Å². The summed E-state index contributed by atoms with van der Waals surface area (Å²) in [6, 6.07) is 15.6. The molecule has 0 amide bonds. The lowest BCUT2D eigenvalue weighted by Gasteiger charge is -1.95. The molecule has 3 aromatic rings. The molecule has 0 aliphatic carbocycles. The summed E-state index contributed by atoms with van der Waals surface area (Å²) in [5, 5.41) is 9.77. The van der Waals surface area contributed by atoms with Crippen molar-refractivity contribution in [3.63, 3.8) is 0 Å². The van der Waals surface area contributed by atoms with Crippen LogP contribution in [0.3, 0.4) is 0 Å². The molecule has 0 atom stereocenters. The number of carboxylic acids is 1. The van der Waals surface area contributed by atoms with Gasteiger partial charge in [0.05, 0.1) is 16.6 Å². The van der Waals surface area contributed by atoms with Crippen LogP contribution >= 0.6 is 11.3 Å². The highest BCUT2D eigenvalue weighted by molar-refractivity contribution is 7.21. The maximum atomic E-state index is 10.7. The van der Waals surface area contributed by atoms with Crippen LogP contribution in [0.25, 0.3) is 20.8 Å². The van der Waals surface area contributed by atoms with Crippen molar-refractivity contribution >= 4 is 27.5 Å². The van der Waals surface area contributed by atoms with E-state index in [4.69, 9.17) is 5.11 Å². The van der Waals surface area contributed by atoms with Crippen molar-refractivity contribution < 1.29 is 9.90 Å². The zero-order chi connectivity index (χ0) is 13.2. The molecule has 19 heavy (non-hydrogen) atoms. The minimum absolute atomic E-state index is 0.0501. The Balaban J connectivity index is 2.04. The summed E-state index contributed by atoms with van der Waals surface area (Å²) in [6.07, 6.45) is 0.0501. The molecule has 0 saturated carbocycles. The van der Waals surface area contributed by atoms with Gasteiger partial charge in [0.2, 0.25) is 0 Å². The highest BCUT2D eigenvalue weighted by Crippen LogP contribution is 2.30. The second kappa shape index (κ2) is 4.82. The van der Waals surface area contributed by atoms with E-state index in [0.717, 1.165) is 26.4 Å². The van der Waals surface area contributed by atoms with Gasteiger partial charge < -0.3 is 5.11 Å². The van der Waals surface area contributed by atoms with E-state index < -0.39 is 5.97 Å². The van der Waals surface area contributed by atoms with Gasteiger partial charge in [-0.1, -0.05) is 36.4 Å². The Bertz CT molecular complexity index is 734. The van der Waals surface area contributed by atoms with Gasteiger partial charge in [-0.3, -0.25) is 4.79 Å². The smallest absolute Gasteiger partial charge is 0.307 e. The molecule has 0 unspecified atom stereocenters. The fourth-order valence-corrected chi connectivity index (χ4v) is 2.99. The van der Waals surface area contributed by atoms with E-state index in [1.807, 2.05) is 48.5 Å². The Morgan fingerprint density at radius 1 is 1.16 bits per heavy atom. The van der Waals surface area contributed by atoms with Gasteiger partial charge >= 0.3 is 5.97 Å². The molecule has 1 N–H and O–H groups in total. The van der Waals surface area contributed by atoms with E-state index in [0.29, 0.717) is 0 Å². The molecule has 4 heteroatoms. The highest BCUT2D eigenvalue weighted by atomic mass is 32.1. The first kappa shape index (κ1) is 11.9. The van der Waals surface area contributed by atoms with E-state index >= 15 is 0 Å². The number of carboxylic acid groups (broad SMARTS) is 1. The van der Waals surface area contributed by atoms with Crippen LogP contribution in [0.15, 0.2) is 48.5 Å². The van der Waals surface area contributed by atoms with Crippen LogP contribution in [0, 0.1) is 0 Å². The molecule has 94 valence electrons. The molecule has 0 fully saturated rings. The maximum Gasteiger partial charge on any atom is 0.307 e. The molecule has 0 spiro atoms. The van der Waals surface area contributed by atoms with E-state index in [1.165, 1.54) is 0 Å². The molecular weight excluding hydrogens is 258 g/mol. The lowest BCUT2D eigenvalue weighted by molar-refractivity contribution is -0.136. The summed E-state index contributed by atoms with van der Waals surface area (Å²) < 4.78 is 1.03. The Hall–Kier alpha value is -2.20. The van der Waals surface area contributed by atoms with E-state index in [-0.39, 0.29) is 6.42 Å². The summed E-state index contributed by atoms with van der Waals surface area (Å²) in [6.45, 7) is 0. The zero-order valence-corrected chi connectivity index (χ0v) is 10.9. The Kier molecular flexibility index (Phi) is 3.01. The average molecular weight is 269 g/mol. The number of hydrogen-bond acceptors (Lipinski definition) is 3. The number of thiazole rings is 1. The first-order chi connectivity index (χ1) is 9.22. The first-order valence-electron chi connectivity index (χ1n) is 5.89. The number of nitrogens with zero attached hydrogens (tertiary/aromatic N) is 1. The number of hydrogen-bond donors (Lipinski definition) is 1. The minimum Gasteiger partial charge on any atom is -0.481 e. The van der Waals surface area contributed by atoms with Crippen molar-refractivity contribution in [2.24, 2.45) is 0 Å². The number of carbonyl (C=O) groups is 1. The predicted octanol–water partition coefficient (Wildman–Crippen LogP) is 3.59. The molecule has 3 nitrogen and oxygen atoms in total. The van der Waals surface area contributed by atoms with Crippen molar-refractivity contribution in [3.8, 4) is 10.6 Å². The maximum absolute atomic E-state index is 10.7. The SMILES string of the molecule is O=C(O)Cc1ccc2nc(-c3ccccc3)sc2c1. The summed E-state index contributed by atoms with van der Waals surface area (Å²) in [5.74, 6) is -0.813. The Labute approximate surface area is 114 Å². The zero-order valence-electron chi connectivity index (χ0n) is 10.0. The molecule has 0 aliphatic rings. The van der Waals surface area contributed by atoms with Gasteiger partial charge in [-0.25, -0.2) is 4.98 Å². The van der Waals surface area contributed by atoms with Crippen molar-refractivity contribution in [3.05, 3.63) is 54.1 Å². The number of fused-ring (bicyclic) bond motifs is 1. The number of benzene rings is 2. The largest absolute Gasteiger partial charge is 0.481 e. The fraction of sp³-hybridized carbons (Fsp3) is 0.0667. The minimum atomic E-state index is -0.813. The third-order valence-electron chi connectivity index (χ3n) is 2.83. The van der Waals surface area contributed by atoms with Crippen molar-refractivity contribution in [2.75, 3.05) is 0 Å². The molecule has 0 bridgehead atoms. The Morgan fingerprint density at radius 3 is 2.68 bits per heavy atom.